The van der Waals surface area contributed by atoms with Gasteiger partial charge in [0.2, 0.25) is 5.91 Å². The molecule has 0 aromatic rings. The van der Waals surface area contributed by atoms with Crippen molar-refractivity contribution in [2.24, 2.45) is 0 Å². The standard InChI is InChI=1S/C14H23N3O4/c18-11(17-14(12(19)20)7-4-8-14)9-15-13(21)16-10-5-2-1-3-6-10/h10H,1-9H2,(H,17,18)(H,19,20)(H2,15,16,21). The SMILES string of the molecule is O=C(CNC(=O)NC1CCCCC1)NC1(C(=O)O)CCC1. The van der Waals surface area contributed by atoms with E-state index in [1.807, 2.05) is 0 Å². The van der Waals surface area contributed by atoms with Crippen molar-refractivity contribution in [1.82, 2.24) is 16.0 Å². The van der Waals surface area contributed by atoms with Gasteiger partial charge in [0.25, 0.3) is 0 Å². The van der Waals surface area contributed by atoms with Crippen LogP contribution in [0, 0.1) is 0 Å². The third-order valence-electron chi connectivity index (χ3n) is 4.35. The van der Waals surface area contributed by atoms with Crippen LogP contribution in [0.15, 0.2) is 0 Å². The number of rotatable bonds is 5. The van der Waals surface area contributed by atoms with Crippen LogP contribution >= 0.6 is 0 Å². The molecule has 0 bridgehead atoms. The minimum atomic E-state index is -1.13. The maximum Gasteiger partial charge on any atom is 0.329 e. The fourth-order valence-electron chi connectivity index (χ4n) is 2.88. The molecule has 0 radical (unpaired) electrons. The lowest BCUT2D eigenvalue weighted by Crippen LogP contribution is -2.60. The number of carboxylic acid groups (broad SMARTS) is 1. The van der Waals surface area contributed by atoms with Gasteiger partial charge in [0, 0.05) is 6.04 Å². The summed E-state index contributed by atoms with van der Waals surface area (Å²) in [4.78, 5) is 34.5. The number of carbonyl (C=O) groups is 3. The fraction of sp³-hybridized carbons (Fsp3) is 0.786. The van der Waals surface area contributed by atoms with Crippen LogP contribution in [0.5, 0.6) is 0 Å². The smallest absolute Gasteiger partial charge is 0.329 e. The molecule has 21 heavy (non-hydrogen) atoms. The monoisotopic (exact) mass is 297 g/mol. The van der Waals surface area contributed by atoms with Gasteiger partial charge in [-0.3, -0.25) is 4.79 Å². The fourth-order valence-corrected chi connectivity index (χ4v) is 2.88. The Hall–Kier alpha value is -1.79. The second-order valence-electron chi connectivity index (χ2n) is 5.95. The molecule has 0 aromatic carbocycles. The van der Waals surface area contributed by atoms with Crippen LogP contribution in [-0.4, -0.2) is 41.1 Å². The van der Waals surface area contributed by atoms with Crippen molar-refractivity contribution in [1.29, 1.82) is 0 Å². The third kappa shape index (κ3) is 4.09. The molecule has 2 rings (SSSR count). The molecule has 7 heteroatoms. The van der Waals surface area contributed by atoms with Crippen LogP contribution in [0.3, 0.4) is 0 Å². The van der Waals surface area contributed by atoms with Gasteiger partial charge in [-0.25, -0.2) is 9.59 Å². The zero-order valence-electron chi connectivity index (χ0n) is 12.1. The van der Waals surface area contributed by atoms with Gasteiger partial charge >= 0.3 is 12.0 Å². The highest BCUT2D eigenvalue weighted by atomic mass is 16.4. The molecular formula is C14H23N3O4. The van der Waals surface area contributed by atoms with Crippen molar-refractivity contribution in [3.63, 3.8) is 0 Å². The minimum absolute atomic E-state index is 0.179. The first-order chi connectivity index (χ1) is 10.0. The molecule has 0 heterocycles. The Balaban J connectivity index is 1.68. The van der Waals surface area contributed by atoms with E-state index >= 15 is 0 Å². The Kier molecular flexibility index (Phi) is 5.03. The van der Waals surface area contributed by atoms with Crippen molar-refractivity contribution in [3.05, 3.63) is 0 Å². The molecule has 2 aliphatic carbocycles. The molecule has 0 unspecified atom stereocenters. The summed E-state index contributed by atoms with van der Waals surface area (Å²) in [5, 5.41) is 16.9. The molecule has 0 saturated heterocycles. The first-order valence-corrected chi connectivity index (χ1v) is 7.61. The van der Waals surface area contributed by atoms with Gasteiger partial charge in [-0.15, -0.1) is 0 Å². The van der Waals surface area contributed by atoms with E-state index in [0.717, 1.165) is 32.1 Å². The van der Waals surface area contributed by atoms with Crippen LogP contribution in [0.2, 0.25) is 0 Å². The lowest BCUT2D eigenvalue weighted by atomic mass is 9.77. The maximum absolute atomic E-state index is 11.7. The van der Waals surface area contributed by atoms with E-state index in [0.29, 0.717) is 12.8 Å². The summed E-state index contributed by atoms with van der Waals surface area (Å²) in [5.74, 6) is -1.47. The van der Waals surface area contributed by atoms with E-state index in [-0.39, 0.29) is 18.6 Å². The highest BCUT2D eigenvalue weighted by Gasteiger charge is 2.45. The summed E-state index contributed by atoms with van der Waals surface area (Å²) >= 11 is 0. The number of nitrogens with one attached hydrogen (secondary N) is 3. The Bertz CT molecular complexity index is 414. The van der Waals surface area contributed by atoms with Gasteiger partial charge in [-0.05, 0) is 32.1 Å². The van der Waals surface area contributed by atoms with E-state index < -0.39 is 17.4 Å². The van der Waals surface area contributed by atoms with Gasteiger partial charge in [-0.2, -0.15) is 0 Å². The van der Waals surface area contributed by atoms with E-state index in [9.17, 15) is 14.4 Å². The number of hydrogen-bond acceptors (Lipinski definition) is 3. The van der Waals surface area contributed by atoms with Gasteiger partial charge < -0.3 is 21.1 Å². The molecule has 4 N–H and O–H groups in total. The first-order valence-electron chi connectivity index (χ1n) is 7.61. The Labute approximate surface area is 123 Å². The summed E-state index contributed by atoms with van der Waals surface area (Å²) in [6, 6.07) is -0.186. The van der Waals surface area contributed by atoms with Crippen molar-refractivity contribution in [3.8, 4) is 0 Å². The van der Waals surface area contributed by atoms with Crippen molar-refractivity contribution < 1.29 is 19.5 Å². The highest BCUT2D eigenvalue weighted by molar-refractivity contribution is 5.90. The molecule has 0 aliphatic heterocycles. The van der Waals surface area contributed by atoms with Crippen LogP contribution in [0.1, 0.15) is 51.4 Å². The average molecular weight is 297 g/mol. The summed E-state index contributed by atoms with van der Waals surface area (Å²) in [6.45, 7) is -0.201. The Morgan fingerprint density at radius 1 is 1.05 bits per heavy atom. The summed E-state index contributed by atoms with van der Waals surface area (Å²) in [6.07, 6.45) is 7.08. The van der Waals surface area contributed by atoms with Crippen LogP contribution in [-0.2, 0) is 9.59 Å². The predicted octanol–water partition coefficient (Wildman–Crippen LogP) is 0.742. The molecule has 2 fully saturated rings. The lowest BCUT2D eigenvalue weighted by molar-refractivity contribution is -0.151. The van der Waals surface area contributed by atoms with Crippen LogP contribution in [0.4, 0.5) is 4.79 Å². The highest BCUT2D eigenvalue weighted by Crippen LogP contribution is 2.31. The molecule has 2 aliphatic rings. The molecule has 2 saturated carbocycles. The number of hydrogen-bond donors (Lipinski definition) is 4. The molecule has 0 atom stereocenters. The lowest BCUT2D eigenvalue weighted by Gasteiger charge is -2.38. The van der Waals surface area contributed by atoms with Crippen molar-refractivity contribution in [2.45, 2.75) is 62.9 Å². The molecule has 7 nitrogen and oxygen atoms in total. The molecule has 0 aromatic heterocycles. The normalized spacial score (nSPS) is 21.0. The van der Waals surface area contributed by atoms with Gasteiger partial charge in [0.05, 0.1) is 6.54 Å². The minimum Gasteiger partial charge on any atom is -0.480 e. The summed E-state index contributed by atoms with van der Waals surface area (Å²) in [7, 11) is 0. The Morgan fingerprint density at radius 2 is 1.71 bits per heavy atom. The van der Waals surface area contributed by atoms with Gasteiger partial charge in [-0.1, -0.05) is 19.3 Å². The van der Waals surface area contributed by atoms with Crippen LogP contribution in [0.25, 0.3) is 0 Å². The molecular weight excluding hydrogens is 274 g/mol. The predicted molar refractivity (Wildman–Crippen MR) is 75.8 cm³/mol. The van der Waals surface area contributed by atoms with E-state index in [2.05, 4.69) is 16.0 Å². The van der Waals surface area contributed by atoms with Crippen molar-refractivity contribution >= 4 is 17.9 Å². The number of amides is 3. The third-order valence-corrected chi connectivity index (χ3v) is 4.35. The number of carboxylic acids is 1. The second-order valence-corrected chi connectivity index (χ2v) is 5.95. The molecule has 118 valence electrons. The maximum atomic E-state index is 11.7. The molecule has 3 amide bonds. The Morgan fingerprint density at radius 3 is 2.24 bits per heavy atom. The van der Waals surface area contributed by atoms with Gasteiger partial charge in [0.15, 0.2) is 0 Å². The second kappa shape index (κ2) is 6.78. The number of aliphatic carboxylic acids is 1. The number of urea groups is 1. The molecule has 0 spiro atoms. The quantitative estimate of drug-likeness (QED) is 0.600. The van der Waals surface area contributed by atoms with E-state index in [4.69, 9.17) is 5.11 Å². The topological polar surface area (TPSA) is 108 Å². The average Bonchev–Trinajstić information content (AvgIpc) is 2.41. The summed E-state index contributed by atoms with van der Waals surface area (Å²) in [5.41, 5.74) is -1.13. The van der Waals surface area contributed by atoms with E-state index in [1.165, 1.54) is 6.42 Å². The number of carbonyl (C=O) groups excluding carboxylic acids is 2. The van der Waals surface area contributed by atoms with E-state index in [1.54, 1.807) is 0 Å². The van der Waals surface area contributed by atoms with Gasteiger partial charge in [0.1, 0.15) is 5.54 Å². The largest absolute Gasteiger partial charge is 0.480 e. The zero-order valence-corrected chi connectivity index (χ0v) is 12.1. The zero-order chi connectivity index (χ0) is 15.3. The van der Waals surface area contributed by atoms with Crippen LogP contribution < -0.4 is 16.0 Å². The summed E-state index contributed by atoms with van der Waals surface area (Å²) < 4.78 is 0. The first kappa shape index (κ1) is 15.6. The van der Waals surface area contributed by atoms with Crippen molar-refractivity contribution in [2.75, 3.05) is 6.54 Å².